The molecule has 0 saturated heterocycles. The van der Waals surface area contributed by atoms with Crippen LogP contribution in [0.15, 0.2) is 84.9 Å². The van der Waals surface area contributed by atoms with Gasteiger partial charge in [0.15, 0.2) is 0 Å². The van der Waals surface area contributed by atoms with Gasteiger partial charge in [-0.3, -0.25) is 9.59 Å². The average Bonchev–Trinajstić information content (AvgIpc) is 2.70. The molecule has 0 radical (unpaired) electrons. The van der Waals surface area contributed by atoms with Gasteiger partial charge in [0.1, 0.15) is 0 Å². The molecule has 5 heteroatoms. The minimum absolute atomic E-state index is 0.338. The van der Waals surface area contributed by atoms with Gasteiger partial charge in [-0.25, -0.2) is 0 Å². The second-order valence-electron chi connectivity index (χ2n) is 6.07. The van der Waals surface area contributed by atoms with Crippen LogP contribution < -0.4 is 5.32 Å². The predicted octanol–water partition coefficient (Wildman–Crippen LogP) is 4.51. The fraction of sp³-hybridized carbons (Fsp3) is 0.0909. The number of carbonyl (C=O) groups is 2. The Labute approximate surface area is 163 Å². The number of para-hydroxylation sites is 1. The fourth-order valence-electron chi connectivity index (χ4n) is 2.69. The summed E-state index contributed by atoms with van der Waals surface area (Å²) in [5.41, 5.74) is 2.32. The second-order valence-corrected chi connectivity index (χ2v) is 6.47. The highest BCUT2D eigenvalue weighted by Gasteiger charge is 2.23. The van der Waals surface area contributed by atoms with Crippen LogP contribution in [-0.4, -0.2) is 16.7 Å². The van der Waals surface area contributed by atoms with E-state index in [-0.39, 0.29) is 0 Å². The van der Waals surface area contributed by atoms with E-state index in [0.29, 0.717) is 23.8 Å². The molecule has 0 unspecified atom stereocenters. The van der Waals surface area contributed by atoms with Gasteiger partial charge >= 0.3 is 11.8 Å². The lowest BCUT2D eigenvalue weighted by Gasteiger charge is -2.22. The Morgan fingerprint density at radius 2 is 1.22 bits per heavy atom. The van der Waals surface area contributed by atoms with Crippen LogP contribution in [0, 0.1) is 0 Å². The molecule has 27 heavy (non-hydrogen) atoms. The molecule has 3 aromatic carbocycles. The number of anilines is 1. The van der Waals surface area contributed by atoms with E-state index >= 15 is 0 Å². The number of nitrogens with one attached hydrogen (secondary N) is 1. The van der Waals surface area contributed by atoms with E-state index in [0.717, 1.165) is 11.1 Å². The molecule has 0 spiro atoms. The Kier molecular flexibility index (Phi) is 6.23. The van der Waals surface area contributed by atoms with Crippen LogP contribution in [0.25, 0.3) is 0 Å². The van der Waals surface area contributed by atoms with Crippen molar-refractivity contribution in [2.24, 2.45) is 0 Å². The van der Waals surface area contributed by atoms with Gasteiger partial charge in [-0.05, 0) is 23.3 Å². The highest BCUT2D eigenvalue weighted by Crippen LogP contribution is 2.20. The minimum atomic E-state index is -0.713. The molecule has 0 bridgehead atoms. The van der Waals surface area contributed by atoms with Crippen LogP contribution in [0.5, 0.6) is 0 Å². The molecule has 0 heterocycles. The zero-order valence-electron chi connectivity index (χ0n) is 14.6. The van der Waals surface area contributed by atoms with Crippen molar-refractivity contribution in [1.82, 2.24) is 4.90 Å². The number of benzene rings is 3. The van der Waals surface area contributed by atoms with Crippen LogP contribution in [0.1, 0.15) is 11.1 Å². The van der Waals surface area contributed by atoms with Gasteiger partial charge in [0, 0.05) is 13.1 Å². The van der Waals surface area contributed by atoms with E-state index in [1.807, 2.05) is 60.7 Å². The summed E-state index contributed by atoms with van der Waals surface area (Å²) in [6, 6.07) is 26.0. The molecule has 0 aromatic heterocycles. The zero-order chi connectivity index (χ0) is 19.1. The summed E-state index contributed by atoms with van der Waals surface area (Å²) in [6.07, 6.45) is 0. The van der Waals surface area contributed by atoms with Gasteiger partial charge in [0.05, 0.1) is 10.7 Å². The second kappa shape index (κ2) is 9.01. The first-order valence-electron chi connectivity index (χ1n) is 8.56. The van der Waals surface area contributed by atoms with Crippen molar-refractivity contribution in [2.45, 2.75) is 13.1 Å². The lowest BCUT2D eigenvalue weighted by atomic mass is 10.1. The van der Waals surface area contributed by atoms with E-state index in [1.54, 1.807) is 24.3 Å². The summed E-state index contributed by atoms with van der Waals surface area (Å²) in [5, 5.41) is 2.99. The van der Waals surface area contributed by atoms with Crippen molar-refractivity contribution in [3.8, 4) is 0 Å². The molecule has 0 atom stereocenters. The van der Waals surface area contributed by atoms with E-state index in [2.05, 4.69) is 5.32 Å². The first-order valence-corrected chi connectivity index (χ1v) is 8.94. The first kappa shape index (κ1) is 18.7. The Bertz CT molecular complexity index is 872. The molecule has 4 nitrogen and oxygen atoms in total. The molecule has 1 N–H and O–H groups in total. The van der Waals surface area contributed by atoms with Crippen LogP contribution in [0.3, 0.4) is 0 Å². The molecule has 0 saturated carbocycles. The third-order valence-electron chi connectivity index (χ3n) is 4.04. The number of carbonyl (C=O) groups excluding carboxylic acids is 2. The van der Waals surface area contributed by atoms with Crippen molar-refractivity contribution in [1.29, 1.82) is 0 Å². The summed E-state index contributed by atoms with van der Waals surface area (Å²) in [6.45, 7) is 0.676. The van der Waals surface area contributed by atoms with Gasteiger partial charge in [-0.1, -0.05) is 84.4 Å². The molecule has 0 aliphatic heterocycles. The van der Waals surface area contributed by atoms with Crippen molar-refractivity contribution < 1.29 is 9.59 Å². The van der Waals surface area contributed by atoms with Gasteiger partial charge in [-0.2, -0.15) is 0 Å². The number of hydrogen-bond donors (Lipinski definition) is 1. The van der Waals surface area contributed by atoms with E-state index < -0.39 is 11.8 Å². The zero-order valence-corrected chi connectivity index (χ0v) is 15.4. The van der Waals surface area contributed by atoms with Gasteiger partial charge < -0.3 is 10.2 Å². The lowest BCUT2D eigenvalue weighted by Crippen LogP contribution is -2.39. The maximum atomic E-state index is 12.8. The van der Waals surface area contributed by atoms with Crippen LogP contribution in [0.4, 0.5) is 5.69 Å². The van der Waals surface area contributed by atoms with Gasteiger partial charge in [-0.15, -0.1) is 0 Å². The maximum Gasteiger partial charge on any atom is 0.313 e. The number of rotatable bonds is 5. The van der Waals surface area contributed by atoms with Crippen molar-refractivity contribution in [3.63, 3.8) is 0 Å². The normalized spacial score (nSPS) is 10.3. The summed E-state index contributed by atoms with van der Waals surface area (Å²) < 4.78 is 0. The van der Waals surface area contributed by atoms with Crippen molar-refractivity contribution >= 4 is 29.1 Å². The predicted molar refractivity (Wildman–Crippen MR) is 107 cm³/mol. The summed E-state index contributed by atoms with van der Waals surface area (Å²) in [5.74, 6) is -1.32. The quantitative estimate of drug-likeness (QED) is 0.664. The maximum absolute atomic E-state index is 12.8. The highest BCUT2D eigenvalue weighted by atomic mass is 35.5. The number of hydrogen-bond acceptors (Lipinski definition) is 2. The number of amides is 2. The third-order valence-corrected chi connectivity index (χ3v) is 4.37. The molecule has 136 valence electrons. The largest absolute Gasteiger partial charge is 0.326 e. The van der Waals surface area contributed by atoms with E-state index in [9.17, 15) is 9.59 Å². The monoisotopic (exact) mass is 378 g/mol. The Balaban J connectivity index is 1.79. The van der Waals surface area contributed by atoms with Crippen LogP contribution >= 0.6 is 11.6 Å². The molecule has 0 aliphatic rings. The topological polar surface area (TPSA) is 49.4 Å². The number of halogens is 1. The molecule has 3 aromatic rings. The highest BCUT2D eigenvalue weighted by molar-refractivity contribution is 6.41. The smallest absolute Gasteiger partial charge is 0.313 e. The summed E-state index contributed by atoms with van der Waals surface area (Å²) >= 11 is 6.07. The standard InChI is InChI=1S/C22H19ClN2O2/c23-19-13-7-8-14-20(19)24-21(26)22(27)25(15-17-9-3-1-4-10-17)16-18-11-5-2-6-12-18/h1-14H,15-16H2,(H,24,26). The van der Waals surface area contributed by atoms with Crippen LogP contribution in [0.2, 0.25) is 5.02 Å². The van der Waals surface area contributed by atoms with Crippen molar-refractivity contribution in [3.05, 3.63) is 101 Å². The molecular formula is C22H19ClN2O2. The molecule has 2 amide bonds. The van der Waals surface area contributed by atoms with E-state index in [4.69, 9.17) is 11.6 Å². The average molecular weight is 379 g/mol. The Morgan fingerprint density at radius 1 is 0.741 bits per heavy atom. The summed E-state index contributed by atoms with van der Waals surface area (Å²) in [4.78, 5) is 26.9. The molecule has 3 rings (SSSR count). The third kappa shape index (κ3) is 5.19. The summed E-state index contributed by atoms with van der Waals surface area (Å²) in [7, 11) is 0. The first-order chi connectivity index (χ1) is 13.1. The Hall–Kier alpha value is -3.11. The van der Waals surface area contributed by atoms with Gasteiger partial charge in [0.25, 0.3) is 0 Å². The van der Waals surface area contributed by atoms with E-state index in [1.165, 1.54) is 4.90 Å². The lowest BCUT2D eigenvalue weighted by molar-refractivity contribution is -0.144. The van der Waals surface area contributed by atoms with Gasteiger partial charge in [0.2, 0.25) is 0 Å². The number of nitrogens with zero attached hydrogens (tertiary/aromatic N) is 1. The SMILES string of the molecule is O=C(Nc1ccccc1Cl)C(=O)N(Cc1ccccc1)Cc1ccccc1. The minimum Gasteiger partial charge on any atom is -0.326 e. The molecule has 0 fully saturated rings. The van der Waals surface area contributed by atoms with Crippen LogP contribution in [-0.2, 0) is 22.7 Å². The van der Waals surface area contributed by atoms with Crippen molar-refractivity contribution in [2.75, 3.05) is 5.32 Å². The Morgan fingerprint density at radius 3 is 1.74 bits per heavy atom. The molecule has 0 aliphatic carbocycles. The molecular weight excluding hydrogens is 360 g/mol. The fourth-order valence-corrected chi connectivity index (χ4v) is 2.87.